The number of hydrogen-bond donors (Lipinski definition) is 1. The Morgan fingerprint density at radius 1 is 1.00 bits per heavy atom. The lowest BCUT2D eigenvalue weighted by Crippen LogP contribution is -2.59. The first kappa shape index (κ1) is 17.3. The molecule has 148 valence electrons. The number of hydrogen-bond acceptors (Lipinski definition) is 3. The Bertz CT molecular complexity index is 1080. The van der Waals surface area contributed by atoms with Crippen LogP contribution in [0.5, 0.6) is 0 Å². The second-order valence-corrected chi connectivity index (χ2v) is 9.69. The summed E-state index contributed by atoms with van der Waals surface area (Å²) in [6.45, 7) is 1.91. The molecule has 29 heavy (non-hydrogen) atoms. The summed E-state index contributed by atoms with van der Waals surface area (Å²) in [5.74, 6) is 2.62. The number of aromatic nitrogens is 1. The zero-order chi connectivity index (χ0) is 19.6. The van der Waals surface area contributed by atoms with Crippen molar-refractivity contribution in [3.63, 3.8) is 0 Å². The molecule has 3 aromatic rings. The van der Waals surface area contributed by atoms with E-state index < -0.39 is 0 Å². The molecular weight excluding hydrogens is 360 g/mol. The molecule has 2 aromatic carbocycles. The molecule has 0 atom stereocenters. The quantitative estimate of drug-likeness (QED) is 0.646. The van der Waals surface area contributed by atoms with Crippen molar-refractivity contribution in [1.29, 1.82) is 0 Å². The standard InChI is InChI=1S/C25H26N2O2/c1-15-22(21-7-6-19-4-2-3-5-20(19)11-21)23(29-27-15)24(28)26-25-12-16-8-17(13-25)10-18(9-16)14-25/h2-7,11,16-18H,8-10,12-14H2,1H3,(H,26,28). The molecule has 1 heterocycles. The Labute approximate surface area is 170 Å². The van der Waals surface area contributed by atoms with Crippen molar-refractivity contribution in [3.05, 3.63) is 53.9 Å². The van der Waals surface area contributed by atoms with E-state index in [1.165, 1.54) is 24.6 Å². The van der Waals surface area contributed by atoms with Gasteiger partial charge in [-0.1, -0.05) is 41.6 Å². The molecule has 0 aliphatic heterocycles. The highest BCUT2D eigenvalue weighted by Gasteiger charge is 2.51. The Kier molecular flexibility index (Phi) is 3.68. The minimum atomic E-state index is -0.101. The molecule has 0 unspecified atom stereocenters. The summed E-state index contributed by atoms with van der Waals surface area (Å²) in [5, 5.41) is 9.92. The molecule has 0 spiro atoms. The zero-order valence-electron chi connectivity index (χ0n) is 16.8. The summed E-state index contributed by atoms with van der Waals surface area (Å²) in [7, 11) is 0. The van der Waals surface area contributed by atoms with Crippen molar-refractivity contribution in [2.24, 2.45) is 17.8 Å². The monoisotopic (exact) mass is 386 g/mol. The molecular formula is C25H26N2O2. The summed E-state index contributed by atoms with van der Waals surface area (Å²) in [4.78, 5) is 13.4. The van der Waals surface area contributed by atoms with Gasteiger partial charge in [0.1, 0.15) is 0 Å². The fourth-order valence-electron chi connectivity index (χ4n) is 6.77. The number of nitrogens with zero attached hydrogens (tertiary/aromatic N) is 1. The van der Waals surface area contributed by atoms with Gasteiger partial charge < -0.3 is 9.84 Å². The van der Waals surface area contributed by atoms with E-state index in [9.17, 15) is 4.79 Å². The van der Waals surface area contributed by atoms with Gasteiger partial charge in [-0.3, -0.25) is 4.79 Å². The van der Waals surface area contributed by atoms with Crippen molar-refractivity contribution in [3.8, 4) is 11.1 Å². The minimum absolute atomic E-state index is 0.0345. The molecule has 7 rings (SSSR count). The van der Waals surface area contributed by atoms with Gasteiger partial charge in [0.05, 0.1) is 11.3 Å². The second-order valence-electron chi connectivity index (χ2n) is 9.69. The fraction of sp³-hybridized carbons (Fsp3) is 0.440. The average molecular weight is 386 g/mol. The third-order valence-corrected chi connectivity index (χ3v) is 7.52. The molecule has 0 radical (unpaired) electrons. The maximum atomic E-state index is 13.4. The molecule has 4 aliphatic carbocycles. The van der Waals surface area contributed by atoms with Crippen LogP contribution in [0.1, 0.15) is 54.8 Å². The van der Waals surface area contributed by atoms with E-state index in [0.717, 1.165) is 59.2 Å². The predicted molar refractivity (Wildman–Crippen MR) is 113 cm³/mol. The van der Waals surface area contributed by atoms with E-state index >= 15 is 0 Å². The molecule has 4 fully saturated rings. The molecule has 1 aromatic heterocycles. The fourth-order valence-corrected chi connectivity index (χ4v) is 6.77. The van der Waals surface area contributed by atoms with E-state index in [-0.39, 0.29) is 11.4 Å². The normalized spacial score (nSPS) is 30.0. The van der Waals surface area contributed by atoms with Crippen molar-refractivity contribution in [2.75, 3.05) is 0 Å². The number of rotatable bonds is 3. The summed E-state index contributed by atoms with van der Waals surface area (Å²) in [6, 6.07) is 14.5. The van der Waals surface area contributed by atoms with E-state index in [4.69, 9.17) is 4.52 Å². The van der Waals surface area contributed by atoms with Crippen LogP contribution in [-0.4, -0.2) is 16.6 Å². The van der Waals surface area contributed by atoms with E-state index in [1.54, 1.807) is 0 Å². The van der Waals surface area contributed by atoms with Crippen LogP contribution in [-0.2, 0) is 0 Å². The number of carbonyl (C=O) groups excluding carboxylic acids is 1. The van der Waals surface area contributed by atoms with Crippen molar-refractivity contribution in [1.82, 2.24) is 10.5 Å². The predicted octanol–water partition coefficient (Wildman–Crippen LogP) is 5.50. The number of benzene rings is 2. The molecule has 0 saturated heterocycles. The molecule has 4 aliphatic rings. The van der Waals surface area contributed by atoms with Gasteiger partial charge in [0.25, 0.3) is 5.91 Å². The third-order valence-electron chi connectivity index (χ3n) is 7.52. The van der Waals surface area contributed by atoms with Crippen LogP contribution >= 0.6 is 0 Å². The van der Waals surface area contributed by atoms with Gasteiger partial charge in [-0.25, -0.2) is 0 Å². The first-order valence-electron chi connectivity index (χ1n) is 10.9. The topological polar surface area (TPSA) is 55.1 Å². The largest absolute Gasteiger partial charge is 0.350 e. The number of nitrogens with one attached hydrogen (secondary N) is 1. The van der Waals surface area contributed by atoms with Crippen LogP contribution < -0.4 is 5.32 Å². The Balaban J connectivity index is 1.34. The van der Waals surface area contributed by atoms with Gasteiger partial charge in [0.15, 0.2) is 0 Å². The van der Waals surface area contributed by atoms with Crippen LogP contribution in [0.25, 0.3) is 21.9 Å². The second kappa shape index (κ2) is 6.19. The smallest absolute Gasteiger partial charge is 0.290 e. The molecule has 1 amide bonds. The highest BCUT2D eigenvalue weighted by Crippen LogP contribution is 2.55. The highest BCUT2D eigenvalue weighted by atomic mass is 16.5. The number of fused-ring (bicyclic) bond motifs is 1. The van der Waals surface area contributed by atoms with E-state index in [0.29, 0.717) is 5.76 Å². The number of carbonyl (C=O) groups is 1. The van der Waals surface area contributed by atoms with Gasteiger partial charge in [-0.05, 0) is 85.6 Å². The van der Waals surface area contributed by atoms with Crippen molar-refractivity contribution >= 4 is 16.7 Å². The van der Waals surface area contributed by atoms with Crippen molar-refractivity contribution < 1.29 is 9.32 Å². The third kappa shape index (κ3) is 2.80. The summed E-state index contributed by atoms with van der Waals surface area (Å²) in [6.07, 6.45) is 7.46. The summed E-state index contributed by atoms with van der Waals surface area (Å²) in [5.41, 5.74) is 2.53. The van der Waals surface area contributed by atoms with Gasteiger partial charge >= 0.3 is 0 Å². The maximum Gasteiger partial charge on any atom is 0.290 e. The van der Waals surface area contributed by atoms with E-state index in [2.05, 4.69) is 40.8 Å². The average Bonchev–Trinajstić information content (AvgIpc) is 3.08. The number of aryl methyl sites for hydroxylation is 1. The van der Waals surface area contributed by atoms with Crippen molar-refractivity contribution in [2.45, 2.75) is 51.0 Å². The van der Waals surface area contributed by atoms with Crippen LogP contribution in [0.3, 0.4) is 0 Å². The lowest BCUT2D eigenvalue weighted by atomic mass is 9.53. The van der Waals surface area contributed by atoms with Gasteiger partial charge in [-0.2, -0.15) is 0 Å². The number of amides is 1. The molecule has 1 N–H and O–H groups in total. The molecule has 4 heteroatoms. The summed E-state index contributed by atoms with van der Waals surface area (Å²) < 4.78 is 5.58. The van der Waals surface area contributed by atoms with Crippen LogP contribution in [0.4, 0.5) is 0 Å². The highest BCUT2D eigenvalue weighted by molar-refractivity contribution is 6.00. The van der Waals surface area contributed by atoms with Gasteiger partial charge in [0, 0.05) is 5.54 Å². The van der Waals surface area contributed by atoms with Crippen LogP contribution in [0.2, 0.25) is 0 Å². The molecule has 4 bridgehead atoms. The van der Waals surface area contributed by atoms with E-state index in [1.807, 2.05) is 19.1 Å². The zero-order valence-corrected chi connectivity index (χ0v) is 16.8. The first-order valence-corrected chi connectivity index (χ1v) is 10.9. The van der Waals surface area contributed by atoms with Crippen LogP contribution in [0, 0.1) is 24.7 Å². The van der Waals surface area contributed by atoms with Crippen LogP contribution in [0.15, 0.2) is 47.0 Å². The lowest BCUT2D eigenvalue weighted by Gasteiger charge is -2.56. The van der Waals surface area contributed by atoms with Gasteiger partial charge in [0.2, 0.25) is 5.76 Å². The Morgan fingerprint density at radius 2 is 1.66 bits per heavy atom. The Morgan fingerprint density at radius 3 is 2.34 bits per heavy atom. The lowest BCUT2D eigenvalue weighted by molar-refractivity contribution is -0.0172. The van der Waals surface area contributed by atoms with Gasteiger partial charge in [-0.15, -0.1) is 0 Å². The summed E-state index contributed by atoms with van der Waals surface area (Å²) >= 11 is 0. The Hall–Kier alpha value is -2.62. The molecule has 4 nitrogen and oxygen atoms in total. The first-order chi connectivity index (χ1) is 14.1. The maximum absolute atomic E-state index is 13.4. The molecule has 4 saturated carbocycles. The minimum Gasteiger partial charge on any atom is -0.350 e. The SMILES string of the molecule is Cc1noc(C(=O)NC23CC4CC(CC(C4)C2)C3)c1-c1ccc2ccccc2c1.